The molecule has 0 spiro atoms. The molecule has 0 fully saturated rings. The molecule has 0 aromatic carbocycles. The van der Waals surface area contributed by atoms with Crippen molar-refractivity contribution in [1.29, 1.82) is 0 Å². The van der Waals surface area contributed by atoms with Gasteiger partial charge in [0.2, 0.25) is 0 Å². The largest absolute Gasteiger partial charge is 0.323 e. The molecule has 6 heteroatoms. The number of thioether (sulfide) groups is 2. The van der Waals surface area contributed by atoms with Crippen molar-refractivity contribution >= 4 is 23.5 Å². The fraction of sp³-hybridized carbons (Fsp3) is 0.727. The Morgan fingerprint density at radius 2 is 1.04 bits per heavy atom. The molecule has 0 unspecified atom stereocenters. The summed E-state index contributed by atoms with van der Waals surface area (Å²) in [7, 11) is 0. The molecule has 2 aromatic heterocycles. The number of hydrogen-bond donors (Lipinski definition) is 0. The molecule has 2 rings (SSSR count). The average molecular weight is 423 g/mol. The second kappa shape index (κ2) is 8.86. The van der Waals surface area contributed by atoms with Gasteiger partial charge in [-0.25, -0.2) is 9.97 Å². The Bertz CT molecular complexity index is 707. The molecular weight excluding hydrogens is 384 g/mol. The normalized spacial score (nSPS) is 13.1. The topological polar surface area (TPSA) is 35.6 Å². The number of nitrogens with zero attached hydrogens (tertiary/aromatic N) is 4. The summed E-state index contributed by atoms with van der Waals surface area (Å²) in [5.41, 5.74) is 2.49. The number of rotatable bonds is 7. The third-order valence-corrected chi connectivity index (χ3v) is 6.79. The molecule has 2 aromatic rings. The van der Waals surface area contributed by atoms with E-state index in [1.807, 2.05) is 23.5 Å². The number of aromatic nitrogens is 4. The highest BCUT2D eigenvalue weighted by atomic mass is 32.2. The Balaban J connectivity index is 2.05. The van der Waals surface area contributed by atoms with Crippen LogP contribution >= 0.6 is 23.5 Å². The SMILES string of the molecule is CC(C)n1cc(C(C)(C)C)nc1SCCSc1nc(C(C)(C)C)cn1C(C)C. The zero-order valence-corrected chi connectivity index (χ0v) is 21.0. The maximum atomic E-state index is 4.93. The van der Waals surface area contributed by atoms with Crippen molar-refractivity contribution in [2.24, 2.45) is 0 Å². The second-order valence-electron chi connectivity index (χ2n) is 10.0. The van der Waals surface area contributed by atoms with Crippen LogP contribution in [0.4, 0.5) is 0 Å². The molecule has 0 atom stereocenters. The van der Waals surface area contributed by atoms with E-state index >= 15 is 0 Å². The summed E-state index contributed by atoms with van der Waals surface area (Å²) in [6, 6.07) is 0.848. The first-order valence-electron chi connectivity index (χ1n) is 10.2. The van der Waals surface area contributed by atoms with Crippen LogP contribution in [0.15, 0.2) is 22.7 Å². The minimum atomic E-state index is 0.0789. The fourth-order valence-corrected chi connectivity index (χ4v) is 4.88. The molecule has 0 N–H and O–H groups in total. The van der Waals surface area contributed by atoms with E-state index in [2.05, 4.69) is 90.8 Å². The lowest BCUT2D eigenvalue weighted by atomic mass is 9.93. The van der Waals surface area contributed by atoms with Gasteiger partial charge >= 0.3 is 0 Å². The van der Waals surface area contributed by atoms with Gasteiger partial charge in [-0.3, -0.25) is 0 Å². The van der Waals surface area contributed by atoms with Crippen molar-refractivity contribution in [3.63, 3.8) is 0 Å². The van der Waals surface area contributed by atoms with E-state index in [-0.39, 0.29) is 10.8 Å². The summed E-state index contributed by atoms with van der Waals surface area (Å²) in [5, 5.41) is 2.26. The first-order chi connectivity index (χ1) is 12.8. The fourth-order valence-electron chi connectivity index (χ4n) is 2.70. The van der Waals surface area contributed by atoms with Crippen molar-refractivity contribution in [3.05, 3.63) is 23.8 Å². The van der Waals surface area contributed by atoms with Gasteiger partial charge in [-0.05, 0) is 27.7 Å². The van der Waals surface area contributed by atoms with Crippen LogP contribution in [-0.2, 0) is 10.8 Å². The third-order valence-electron chi connectivity index (χ3n) is 4.59. The molecule has 0 saturated carbocycles. The van der Waals surface area contributed by atoms with Gasteiger partial charge in [0, 0.05) is 46.8 Å². The molecule has 0 aliphatic rings. The lowest BCUT2D eigenvalue weighted by Gasteiger charge is -2.14. The molecule has 0 bridgehead atoms. The van der Waals surface area contributed by atoms with E-state index in [0.29, 0.717) is 12.1 Å². The second-order valence-corrected chi connectivity index (χ2v) is 12.1. The van der Waals surface area contributed by atoms with E-state index in [1.165, 1.54) is 11.4 Å². The third kappa shape index (κ3) is 5.82. The summed E-state index contributed by atoms with van der Waals surface area (Å²) < 4.78 is 4.62. The van der Waals surface area contributed by atoms with Crippen LogP contribution in [0.25, 0.3) is 0 Å². The lowest BCUT2D eigenvalue weighted by Crippen LogP contribution is -2.11. The maximum Gasteiger partial charge on any atom is 0.168 e. The zero-order chi connectivity index (χ0) is 21.3. The number of hydrogen-bond acceptors (Lipinski definition) is 4. The molecule has 4 nitrogen and oxygen atoms in total. The monoisotopic (exact) mass is 422 g/mol. The van der Waals surface area contributed by atoms with Crippen LogP contribution in [0.2, 0.25) is 0 Å². The van der Waals surface area contributed by atoms with Crippen molar-refractivity contribution in [2.75, 3.05) is 11.5 Å². The Morgan fingerprint density at radius 1 is 0.714 bits per heavy atom. The summed E-state index contributed by atoms with van der Waals surface area (Å²) in [6.07, 6.45) is 4.45. The van der Waals surface area contributed by atoms with E-state index in [9.17, 15) is 0 Å². The smallest absolute Gasteiger partial charge is 0.168 e. The first kappa shape index (κ1) is 23.4. The van der Waals surface area contributed by atoms with Gasteiger partial charge in [0.15, 0.2) is 10.3 Å². The summed E-state index contributed by atoms with van der Waals surface area (Å²) in [4.78, 5) is 9.85. The Morgan fingerprint density at radius 3 is 1.29 bits per heavy atom. The van der Waals surface area contributed by atoms with Crippen LogP contribution < -0.4 is 0 Å². The Hall–Kier alpha value is -0.880. The van der Waals surface area contributed by atoms with Gasteiger partial charge in [0.05, 0.1) is 11.4 Å². The molecule has 0 radical (unpaired) electrons. The summed E-state index contributed by atoms with van der Waals surface area (Å²) >= 11 is 3.70. The van der Waals surface area contributed by atoms with Gasteiger partial charge in [-0.2, -0.15) is 0 Å². The highest BCUT2D eigenvalue weighted by molar-refractivity contribution is 8.02. The van der Waals surface area contributed by atoms with Crippen LogP contribution in [0.5, 0.6) is 0 Å². The van der Waals surface area contributed by atoms with Crippen LogP contribution in [0.3, 0.4) is 0 Å². The molecule has 2 heterocycles. The average Bonchev–Trinajstić information content (AvgIpc) is 3.15. The standard InChI is InChI=1S/C22H38N4S2/c1-15(2)25-13-17(21(5,6)7)23-19(25)27-11-12-28-20-24-18(22(8,9)10)14-26(20)16(3)4/h13-16H,11-12H2,1-10H3. The molecule has 0 aliphatic carbocycles. The number of imidazole rings is 2. The van der Waals surface area contributed by atoms with Crippen LogP contribution in [0.1, 0.15) is 92.7 Å². The van der Waals surface area contributed by atoms with E-state index < -0.39 is 0 Å². The minimum absolute atomic E-state index is 0.0789. The van der Waals surface area contributed by atoms with Gasteiger partial charge < -0.3 is 9.13 Å². The van der Waals surface area contributed by atoms with Crippen LogP contribution in [-0.4, -0.2) is 30.6 Å². The lowest BCUT2D eigenvalue weighted by molar-refractivity contribution is 0.548. The molecule has 158 valence electrons. The minimum Gasteiger partial charge on any atom is -0.323 e. The van der Waals surface area contributed by atoms with Gasteiger partial charge in [-0.15, -0.1) is 0 Å². The maximum absolute atomic E-state index is 4.93. The highest BCUT2D eigenvalue weighted by Crippen LogP contribution is 2.31. The molecule has 0 aliphatic heterocycles. The summed E-state index contributed by atoms with van der Waals surface area (Å²) in [6.45, 7) is 22.2. The van der Waals surface area contributed by atoms with Gasteiger partial charge in [-0.1, -0.05) is 65.1 Å². The van der Waals surface area contributed by atoms with Crippen molar-refractivity contribution < 1.29 is 0 Å². The van der Waals surface area contributed by atoms with Gasteiger partial charge in [0.1, 0.15) is 0 Å². The Labute approximate surface area is 180 Å². The quantitative estimate of drug-likeness (QED) is 0.366. The Kier molecular flexibility index (Phi) is 7.41. The van der Waals surface area contributed by atoms with Crippen LogP contribution in [0, 0.1) is 0 Å². The molecule has 28 heavy (non-hydrogen) atoms. The van der Waals surface area contributed by atoms with Crippen molar-refractivity contribution in [1.82, 2.24) is 19.1 Å². The van der Waals surface area contributed by atoms with Gasteiger partial charge in [0.25, 0.3) is 0 Å². The first-order valence-corrected chi connectivity index (χ1v) is 12.2. The van der Waals surface area contributed by atoms with E-state index in [4.69, 9.17) is 9.97 Å². The molecule has 0 saturated heterocycles. The zero-order valence-electron chi connectivity index (χ0n) is 19.3. The summed E-state index contributed by atoms with van der Waals surface area (Å²) in [5.74, 6) is 2.04. The van der Waals surface area contributed by atoms with Crippen molar-refractivity contribution in [2.45, 2.75) is 102 Å². The van der Waals surface area contributed by atoms with E-state index in [1.54, 1.807) is 0 Å². The molecular formula is C22H38N4S2. The highest BCUT2D eigenvalue weighted by Gasteiger charge is 2.22. The predicted octanol–water partition coefficient (Wildman–Crippen LogP) is 6.72. The van der Waals surface area contributed by atoms with Crippen molar-refractivity contribution in [3.8, 4) is 0 Å². The van der Waals surface area contributed by atoms with E-state index in [0.717, 1.165) is 21.8 Å². The predicted molar refractivity (Wildman–Crippen MR) is 124 cm³/mol. The molecule has 0 amide bonds.